The van der Waals surface area contributed by atoms with Gasteiger partial charge in [0.1, 0.15) is 0 Å². The average molecular weight is 342 g/mol. The molecule has 0 bridgehead atoms. The Morgan fingerprint density at radius 2 is 2.04 bits per heavy atom. The van der Waals surface area contributed by atoms with E-state index in [1.165, 1.54) is 47.9 Å². The highest BCUT2D eigenvalue weighted by Crippen LogP contribution is 2.29. The van der Waals surface area contributed by atoms with E-state index in [9.17, 15) is 4.79 Å². The number of nitrogens with one attached hydrogen (secondary N) is 1. The minimum absolute atomic E-state index is 0.273. The normalized spacial score (nSPS) is 13.6. The highest BCUT2D eigenvalue weighted by molar-refractivity contribution is 7.14. The number of carbonyl (C=O) groups excluding carboxylic acids is 1. The van der Waals surface area contributed by atoms with Crippen LogP contribution in [0.2, 0.25) is 0 Å². The minimum Gasteiger partial charge on any atom is -0.296 e. The fraction of sp³-hybridized carbons (Fsp3) is 0.250. The van der Waals surface area contributed by atoms with Crippen LogP contribution in [-0.2, 0) is 12.8 Å². The number of rotatable bonds is 3. The van der Waals surface area contributed by atoms with E-state index < -0.39 is 0 Å². The molecule has 0 aliphatic heterocycles. The number of thiazole rings is 1. The van der Waals surface area contributed by atoms with Crippen LogP contribution in [-0.4, -0.2) is 19.6 Å². The minimum atomic E-state index is -0.273. The zero-order valence-electron chi connectivity index (χ0n) is 12.3. The highest BCUT2D eigenvalue weighted by atomic mass is 32.1. The van der Waals surface area contributed by atoms with Gasteiger partial charge in [0.25, 0.3) is 5.91 Å². The Kier molecular flexibility index (Phi) is 3.88. The predicted octanol–water partition coefficient (Wildman–Crippen LogP) is 3.79. The third-order valence-electron chi connectivity index (χ3n) is 3.96. The molecule has 0 unspecified atom stereocenters. The van der Waals surface area contributed by atoms with Gasteiger partial charge in [0.2, 0.25) is 0 Å². The van der Waals surface area contributed by atoms with Crippen LogP contribution in [0.25, 0.3) is 11.3 Å². The summed E-state index contributed by atoms with van der Waals surface area (Å²) in [5.74, 6) is -0.273. The Morgan fingerprint density at radius 1 is 1.17 bits per heavy atom. The van der Waals surface area contributed by atoms with Gasteiger partial charge in [-0.05, 0) is 42.9 Å². The number of hydrogen-bond acceptors (Lipinski definition) is 6. The monoisotopic (exact) mass is 342 g/mol. The smallest absolute Gasteiger partial charge is 0.278 e. The average Bonchev–Trinajstić information content (AvgIpc) is 3.26. The first kappa shape index (κ1) is 14.5. The number of aromatic nitrogens is 3. The summed E-state index contributed by atoms with van der Waals surface area (Å²) >= 11 is 2.44. The second kappa shape index (κ2) is 6.17. The Balaban J connectivity index is 1.55. The fourth-order valence-corrected chi connectivity index (χ4v) is 3.91. The number of carbonyl (C=O) groups is 1. The van der Waals surface area contributed by atoms with Crippen LogP contribution >= 0.6 is 23.1 Å². The molecule has 1 amide bonds. The van der Waals surface area contributed by atoms with Crippen molar-refractivity contribution in [3.63, 3.8) is 0 Å². The van der Waals surface area contributed by atoms with Gasteiger partial charge in [-0.15, -0.1) is 11.3 Å². The maximum absolute atomic E-state index is 12.0. The summed E-state index contributed by atoms with van der Waals surface area (Å²) in [6.07, 6.45) is 6.32. The molecule has 2 heterocycles. The van der Waals surface area contributed by atoms with Gasteiger partial charge in [-0.1, -0.05) is 12.1 Å². The molecule has 1 aliphatic carbocycles. The Bertz CT molecular complexity index is 842. The Hall–Kier alpha value is -2.12. The molecule has 7 heteroatoms. The fourth-order valence-electron chi connectivity index (χ4n) is 2.78. The van der Waals surface area contributed by atoms with Crippen molar-refractivity contribution in [3.05, 3.63) is 46.6 Å². The van der Waals surface area contributed by atoms with Crippen molar-refractivity contribution in [1.82, 2.24) is 13.7 Å². The summed E-state index contributed by atoms with van der Waals surface area (Å²) in [5, 5.41) is 5.32. The van der Waals surface area contributed by atoms with Crippen molar-refractivity contribution in [2.24, 2.45) is 0 Å². The predicted molar refractivity (Wildman–Crippen MR) is 92.1 cm³/mol. The lowest BCUT2D eigenvalue weighted by Crippen LogP contribution is -2.11. The van der Waals surface area contributed by atoms with E-state index in [-0.39, 0.29) is 5.91 Å². The zero-order chi connectivity index (χ0) is 15.6. The molecule has 116 valence electrons. The van der Waals surface area contributed by atoms with Crippen LogP contribution < -0.4 is 5.32 Å². The summed E-state index contributed by atoms with van der Waals surface area (Å²) in [6.45, 7) is 0. The van der Waals surface area contributed by atoms with Crippen molar-refractivity contribution in [2.45, 2.75) is 25.7 Å². The number of amides is 1. The summed E-state index contributed by atoms with van der Waals surface area (Å²) in [6, 6.07) is 6.57. The lowest BCUT2D eigenvalue weighted by atomic mass is 9.90. The van der Waals surface area contributed by atoms with Gasteiger partial charge in [0, 0.05) is 10.9 Å². The highest BCUT2D eigenvalue weighted by Gasteiger charge is 2.14. The van der Waals surface area contributed by atoms with E-state index in [1.807, 2.05) is 5.38 Å². The summed E-state index contributed by atoms with van der Waals surface area (Å²) in [5.41, 5.74) is 5.22. The summed E-state index contributed by atoms with van der Waals surface area (Å²) < 4.78 is 7.75. The molecule has 5 nitrogen and oxygen atoms in total. The van der Waals surface area contributed by atoms with Gasteiger partial charge in [0.15, 0.2) is 10.8 Å². The molecular formula is C16H14N4OS2. The lowest BCUT2D eigenvalue weighted by molar-refractivity contribution is 0.102. The number of fused-ring (bicyclic) bond motifs is 1. The second-order valence-corrected chi connectivity index (χ2v) is 6.89. The van der Waals surface area contributed by atoms with Gasteiger partial charge >= 0.3 is 0 Å². The Morgan fingerprint density at radius 3 is 2.87 bits per heavy atom. The standard InChI is InChI=1S/C16H14N4OS2/c21-15(13-8-17-23-20-13)19-16-18-14(9-22-16)12-6-5-10-3-1-2-4-11(10)7-12/h5-9H,1-4H2,(H,18,19,21). The van der Waals surface area contributed by atoms with Crippen molar-refractivity contribution in [2.75, 3.05) is 5.32 Å². The van der Waals surface area contributed by atoms with Crippen LogP contribution in [0.3, 0.4) is 0 Å². The van der Waals surface area contributed by atoms with Crippen molar-refractivity contribution >= 4 is 34.1 Å². The molecule has 1 N–H and O–H groups in total. The van der Waals surface area contributed by atoms with E-state index in [0.29, 0.717) is 10.8 Å². The number of benzene rings is 1. The number of anilines is 1. The molecule has 0 saturated heterocycles. The summed E-state index contributed by atoms with van der Waals surface area (Å²) in [4.78, 5) is 16.5. The Labute approximate surface area is 141 Å². The molecule has 2 aromatic heterocycles. The SMILES string of the molecule is O=C(Nc1nc(-c2ccc3c(c2)CCCC3)cs1)c1cnsn1. The molecule has 23 heavy (non-hydrogen) atoms. The van der Waals surface area contributed by atoms with Crippen LogP contribution in [0.5, 0.6) is 0 Å². The lowest BCUT2D eigenvalue weighted by Gasteiger charge is -2.16. The molecule has 1 aliphatic rings. The molecule has 1 aromatic carbocycles. The molecule has 0 fully saturated rings. The van der Waals surface area contributed by atoms with Crippen LogP contribution in [0.4, 0.5) is 5.13 Å². The van der Waals surface area contributed by atoms with Gasteiger partial charge in [-0.25, -0.2) is 4.98 Å². The van der Waals surface area contributed by atoms with Gasteiger partial charge in [-0.3, -0.25) is 10.1 Å². The molecule has 0 radical (unpaired) electrons. The van der Waals surface area contributed by atoms with Gasteiger partial charge in [-0.2, -0.15) is 8.75 Å². The van der Waals surface area contributed by atoms with E-state index in [2.05, 4.69) is 37.2 Å². The van der Waals surface area contributed by atoms with Crippen LogP contribution in [0, 0.1) is 0 Å². The van der Waals surface area contributed by atoms with Gasteiger partial charge in [0.05, 0.1) is 23.6 Å². The number of aryl methyl sites for hydroxylation is 2. The second-order valence-electron chi connectivity index (χ2n) is 5.48. The maximum atomic E-state index is 12.0. The van der Waals surface area contributed by atoms with Gasteiger partial charge < -0.3 is 0 Å². The topological polar surface area (TPSA) is 67.8 Å². The first-order chi connectivity index (χ1) is 11.3. The largest absolute Gasteiger partial charge is 0.296 e. The maximum Gasteiger partial charge on any atom is 0.278 e. The summed E-state index contributed by atoms with van der Waals surface area (Å²) in [7, 11) is 0. The first-order valence-electron chi connectivity index (χ1n) is 7.46. The van der Waals surface area contributed by atoms with Crippen molar-refractivity contribution < 1.29 is 4.79 Å². The molecule has 3 aromatic rings. The van der Waals surface area contributed by atoms with Crippen LogP contribution in [0.1, 0.15) is 34.5 Å². The number of hydrogen-bond donors (Lipinski definition) is 1. The van der Waals surface area contributed by atoms with Crippen LogP contribution in [0.15, 0.2) is 29.8 Å². The van der Waals surface area contributed by atoms with E-state index in [1.54, 1.807) is 0 Å². The molecular weight excluding hydrogens is 328 g/mol. The third kappa shape index (κ3) is 3.02. The van der Waals surface area contributed by atoms with Crippen molar-refractivity contribution in [3.8, 4) is 11.3 Å². The zero-order valence-corrected chi connectivity index (χ0v) is 13.9. The molecule has 0 saturated carbocycles. The van der Waals surface area contributed by atoms with E-state index in [0.717, 1.165) is 29.4 Å². The first-order valence-corrected chi connectivity index (χ1v) is 9.07. The third-order valence-corrected chi connectivity index (χ3v) is 5.20. The van der Waals surface area contributed by atoms with Crippen molar-refractivity contribution in [1.29, 1.82) is 0 Å². The molecule has 4 rings (SSSR count). The quantitative estimate of drug-likeness (QED) is 0.786. The molecule has 0 atom stereocenters. The number of nitrogens with zero attached hydrogens (tertiary/aromatic N) is 3. The molecule has 0 spiro atoms. The van der Waals surface area contributed by atoms with E-state index >= 15 is 0 Å². The van der Waals surface area contributed by atoms with E-state index in [4.69, 9.17) is 0 Å².